The molecule has 0 aromatic heterocycles. The largest absolute Gasteiger partial charge is 0.312 e. The number of rotatable bonds is 5. The Bertz CT molecular complexity index is 216. The summed E-state index contributed by atoms with van der Waals surface area (Å²) in [6.07, 6.45) is 8.50. The molecule has 0 radical (unpaired) electrons. The molecule has 0 aromatic rings. The van der Waals surface area contributed by atoms with Crippen molar-refractivity contribution in [2.75, 3.05) is 25.9 Å². The van der Waals surface area contributed by atoms with E-state index in [1.165, 1.54) is 57.4 Å². The first-order valence-corrected chi connectivity index (χ1v) is 8.37. The van der Waals surface area contributed by atoms with Gasteiger partial charge in [-0.3, -0.25) is 0 Å². The first-order chi connectivity index (χ1) is 8.27. The average Bonchev–Trinajstić information content (AvgIpc) is 2.85. The molecule has 100 valence electrons. The van der Waals surface area contributed by atoms with Crippen LogP contribution < -0.4 is 5.32 Å². The van der Waals surface area contributed by atoms with E-state index in [-0.39, 0.29) is 0 Å². The lowest BCUT2D eigenvalue weighted by atomic mass is 10.1. The van der Waals surface area contributed by atoms with Gasteiger partial charge in [-0.1, -0.05) is 19.8 Å². The second kappa shape index (κ2) is 7.01. The van der Waals surface area contributed by atoms with Gasteiger partial charge in [0.05, 0.1) is 0 Å². The second-order valence-corrected chi connectivity index (χ2v) is 7.18. The molecular weight excluding hydrogens is 228 g/mol. The maximum atomic E-state index is 3.76. The summed E-state index contributed by atoms with van der Waals surface area (Å²) in [5.41, 5.74) is 0. The number of thioether (sulfide) groups is 1. The lowest BCUT2D eigenvalue weighted by Crippen LogP contribution is -2.43. The van der Waals surface area contributed by atoms with E-state index in [1.807, 2.05) is 0 Å². The van der Waals surface area contributed by atoms with Crippen LogP contribution in [0.3, 0.4) is 0 Å². The van der Waals surface area contributed by atoms with Crippen LogP contribution in [0.15, 0.2) is 0 Å². The minimum Gasteiger partial charge on any atom is -0.312 e. The van der Waals surface area contributed by atoms with E-state index >= 15 is 0 Å². The zero-order valence-corrected chi connectivity index (χ0v) is 12.3. The van der Waals surface area contributed by atoms with Gasteiger partial charge in [-0.25, -0.2) is 0 Å². The quantitative estimate of drug-likeness (QED) is 0.814. The lowest BCUT2D eigenvalue weighted by Gasteiger charge is -2.31. The molecule has 2 unspecified atom stereocenters. The molecule has 0 bridgehead atoms. The molecule has 2 atom stereocenters. The van der Waals surface area contributed by atoms with Gasteiger partial charge in [0.2, 0.25) is 0 Å². The van der Waals surface area contributed by atoms with E-state index in [0.29, 0.717) is 0 Å². The Balaban J connectivity index is 1.61. The Labute approximate surface area is 111 Å². The predicted molar refractivity (Wildman–Crippen MR) is 77.8 cm³/mol. The van der Waals surface area contributed by atoms with Crippen molar-refractivity contribution in [3.8, 4) is 0 Å². The fourth-order valence-electron chi connectivity index (χ4n) is 3.15. The number of nitrogens with zero attached hydrogens (tertiary/aromatic N) is 1. The molecule has 1 aliphatic carbocycles. The van der Waals surface area contributed by atoms with Crippen molar-refractivity contribution in [3.05, 3.63) is 0 Å². The van der Waals surface area contributed by atoms with Crippen molar-refractivity contribution in [3.63, 3.8) is 0 Å². The molecule has 1 saturated heterocycles. The maximum Gasteiger partial charge on any atom is 0.0184 e. The average molecular weight is 256 g/mol. The molecule has 2 rings (SSSR count). The highest BCUT2D eigenvalue weighted by atomic mass is 32.2. The van der Waals surface area contributed by atoms with Gasteiger partial charge in [-0.05, 0) is 38.5 Å². The molecule has 2 aliphatic rings. The van der Waals surface area contributed by atoms with Crippen molar-refractivity contribution in [2.45, 2.75) is 62.8 Å². The molecule has 1 heterocycles. The SMILES string of the molecule is CC1SCCCC1NCCN(C)C1CCCC1. The standard InChI is InChI=1S/C14H28N2S/c1-12-14(8-5-11-17-12)15-9-10-16(2)13-6-3-4-7-13/h12-15H,3-11H2,1-2H3. The van der Waals surface area contributed by atoms with E-state index in [0.717, 1.165) is 17.3 Å². The van der Waals surface area contributed by atoms with Gasteiger partial charge >= 0.3 is 0 Å². The van der Waals surface area contributed by atoms with E-state index < -0.39 is 0 Å². The van der Waals surface area contributed by atoms with Gasteiger partial charge in [-0.15, -0.1) is 0 Å². The van der Waals surface area contributed by atoms with Crippen LogP contribution in [-0.4, -0.2) is 48.1 Å². The highest BCUT2D eigenvalue weighted by Crippen LogP contribution is 2.25. The first-order valence-electron chi connectivity index (χ1n) is 7.32. The minimum absolute atomic E-state index is 0.755. The Kier molecular flexibility index (Phi) is 5.64. The number of hydrogen-bond donors (Lipinski definition) is 1. The van der Waals surface area contributed by atoms with Crippen LogP contribution in [0.2, 0.25) is 0 Å². The molecule has 3 heteroatoms. The summed E-state index contributed by atoms with van der Waals surface area (Å²) in [7, 11) is 2.30. The molecule has 2 nitrogen and oxygen atoms in total. The van der Waals surface area contributed by atoms with Crippen LogP contribution >= 0.6 is 11.8 Å². The lowest BCUT2D eigenvalue weighted by molar-refractivity contribution is 0.241. The van der Waals surface area contributed by atoms with Crippen LogP contribution in [0, 0.1) is 0 Å². The van der Waals surface area contributed by atoms with Gasteiger partial charge < -0.3 is 10.2 Å². The Hall–Kier alpha value is 0.270. The number of likely N-dealkylation sites (N-methyl/N-ethyl adjacent to an activating group) is 1. The van der Waals surface area contributed by atoms with Gasteiger partial charge in [-0.2, -0.15) is 11.8 Å². The van der Waals surface area contributed by atoms with Gasteiger partial charge in [0.25, 0.3) is 0 Å². The van der Waals surface area contributed by atoms with E-state index in [4.69, 9.17) is 0 Å². The van der Waals surface area contributed by atoms with Crippen LogP contribution in [-0.2, 0) is 0 Å². The molecular formula is C14H28N2S. The molecule has 0 amide bonds. The van der Waals surface area contributed by atoms with Crippen LogP contribution in [0.1, 0.15) is 45.4 Å². The minimum atomic E-state index is 0.755. The zero-order valence-electron chi connectivity index (χ0n) is 11.5. The van der Waals surface area contributed by atoms with Crippen LogP contribution in [0.25, 0.3) is 0 Å². The highest BCUT2D eigenvalue weighted by molar-refractivity contribution is 7.99. The topological polar surface area (TPSA) is 15.3 Å². The second-order valence-electron chi connectivity index (χ2n) is 5.70. The normalized spacial score (nSPS) is 31.2. The van der Waals surface area contributed by atoms with E-state index in [1.54, 1.807) is 0 Å². The fraction of sp³-hybridized carbons (Fsp3) is 1.00. The Morgan fingerprint density at radius 3 is 2.65 bits per heavy atom. The molecule has 17 heavy (non-hydrogen) atoms. The van der Waals surface area contributed by atoms with Gasteiger partial charge in [0.15, 0.2) is 0 Å². The van der Waals surface area contributed by atoms with Crippen molar-refractivity contribution >= 4 is 11.8 Å². The van der Waals surface area contributed by atoms with Crippen molar-refractivity contribution in [2.24, 2.45) is 0 Å². The zero-order chi connectivity index (χ0) is 12.1. The highest BCUT2D eigenvalue weighted by Gasteiger charge is 2.22. The molecule has 1 aliphatic heterocycles. The first kappa shape index (κ1) is 13.7. The molecule has 0 spiro atoms. The fourth-order valence-corrected chi connectivity index (χ4v) is 4.32. The number of nitrogens with one attached hydrogen (secondary N) is 1. The Morgan fingerprint density at radius 1 is 1.18 bits per heavy atom. The molecule has 1 N–H and O–H groups in total. The predicted octanol–water partition coefficient (Wildman–Crippen LogP) is 2.73. The van der Waals surface area contributed by atoms with Crippen molar-refractivity contribution in [1.82, 2.24) is 10.2 Å². The van der Waals surface area contributed by atoms with Crippen LogP contribution in [0.4, 0.5) is 0 Å². The molecule has 2 fully saturated rings. The van der Waals surface area contributed by atoms with Crippen LogP contribution in [0.5, 0.6) is 0 Å². The monoisotopic (exact) mass is 256 g/mol. The third-order valence-electron chi connectivity index (χ3n) is 4.43. The van der Waals surface area contributed by atoms with Crippen molar-refractivity contribution in [1.29, 1.82) is 0 Å². The Morgan fingerprint density at radius 2 is 1.94 bits per heavy atom. The molecule has 0 aromatic carbocycles. The third kappa shape index (κ3) is 4.15. The molecule has 1 saturated carbocycles. The van der Waals surface area contributed by atoms with Crippen molar-refractivity contribution < 1.29 is 0 Å². The summed E-state index contributed by atoms with van der Waals surface area (Å²) in [5.74, 6) is 1.36. The van der Waals surface area contributed by atoms with Gasteiger partial charge in [0, 0.05) is 30.4 Å². The van der Waals surface area contributed by atoms with E-state index in [2.05, 4.69) is 35.9 Å². The third-order valence-corrected chi connectivity index (χ3v) is 5.80. The van der Waals surface area contributed by atoms with Gasteiger partial charge in [0.1, 0.15) is 0 Å². The smallest absolute Gasteiger partial charge is 0.0184 e. The van der Waals surface area contributed by atoms with E-state index in [9.17, 15) is 0 Å². The summed E-state index contributed by atoms with van der Waals surface area (Å²) in [5, 5.41) is 4.57. The summed E-state index contributed by atoms with van der Waals surface area (Å²) in [4.78, 5) is 2.57. The summed E-state index contributed by atoms with van der Waals surface area (Å²) >= 11 is 2.13. The summed E-state index contributed by atoms with van der Waals surface area (Å²) < 4.78 is 0. The summed E-state index contributed by atoms with van der Waals surface area (Å²) in [6, 6.07) is 1.63. The summed E-state index contributed by atoms with van der Waals surface area (Å²) in [6.45, 7) is 4.77. The number of hydrogen-bond acceptors (Lipinski definition) is 3. The maximum absolute atomic E-state index is 3.76.